The number of rotatable bonds is 10. The van der Waals surface area contributed by atoms with Crippen molar-refractivity contribution in [2.24, 2.45) is 0 Å². The molecule has 2 aromatic rings. The van der Waals surface area contributed by atoms with Crippen molar-refractivity contribution in [2.45, 2.75) is 63.0 Å². The summed E-state index contributed by atoms with van der Waals surface area (Å²) < 4.78 is 24.5. The molecule has 1 aromatic heterocycles. The maximum Gasteiger partial charge on any atom is 0.251 e. The average Bonchev–Trinajstić information content (AvgIpc) is 3.38. The van der Waals surface area contributed by atoms with E-state index in [1.807, 2.05) is 19.1 Å². The number of ether oxygens (including phenoxy) is 2. The van der Waals surface area contributed by atoms with E-state index < -0.39 is 11.2 Å². The first-order chi connectivity index (χ1) is 20.3. The third-order valence-electron chi connectivity index (χ3n) is 8.09. The van der Waals surface area contributed by atoms with Gasteiger partial charge in [-0.05, 0) is 62.1 Å². The molecule has 2 saturated heterocycles. The smallest absolute Gasteiger partial charge is 0.251 e. The van der Waals surface area contributed by atoms with E-state index in [1.54, 1.807) is 26.1 Å². The molecule has 1 atom stereocenters. The quantitative estimate of drug-likeness (QED) is 0.240. The van der Waals surface area contributed by atoms with Crippen LogP contribution in [0.2, 0.25) is 0 Å². The molecular weight excluding hydrogens is 554 g/mol. The Morgan fingerprint density at radius 1 is 1.14 bits per heavy atom. The van der Waals surface area contributed by atoms with Crippen LogP contribution >= 0.6 is 0 Å². The molecule has 0 radical (unpaired) electrons. The van der Waals surface area contributed by atoms with E-state index in [2.05, 4.69) is 20.9 Å². The van der Waals surface area contributed by atoms with E-state index >= 15 is 0 Å². The summed E-state index contributed by atoms with van der Waals surface area (Å²) in [7, 11) is 1.80. The van der Waals surface area contributed by atoms with Gasteiger partial charge >= 0.3 is 0 Å². The highest BCUT2D eigenvalue weighted by atomic mass is 32.2. The molecule has 4 N–H and O–H groups in total. The third-order valence-corrected chi connectivity index (χ3v) is 9.55. The molecule has 11 nitrogen and oxygen atoms in total. The van der Waals surface area contributed by atoms with E-state index in [4.69, 9.17) is 24.9 Å². The summed E-state index contributed by atoms with van der Waals surface area (Å²) >= 11 is -1.06. The highest BCUT2D eigenvalue weighted by Crippen LogP contribution is 2.34. The van der Waals surface area contributed by atoms with Crippen molar-refractivity contribution in [2.75, 3.05) is 55.9 Å². The fourth-order valence-corrected chi connectivity index (χ4v) is 6.79. The van der Waals surface area contributed by atoms with Gasteiger partial charge in [-0.2, -0.15) is 4.98 Å². The number of benzene rings is 1. The minimum absolute atomic E-state index is 0.0514. The van der Waals surface area contributed by atoms with Crippen LogP contribution < -0.4 is 25.6 Å². The Labute approximate surface area is 250 Å². The van der Waals surface area contributed by atoms with Crippen molar-refractivity contribution in [1.29, 1.82) is 5.41 Å². The molecule has 0 saturated carbocycles. The van der Waals surface area contributed by atoms with Crippen LogP contribution in [0.5, 0.6) is 5.75 Å². The fourth-order valence-electron chi connectivity index (χ4n) is 5.48. The molecule has 12 heteroatoms. The maximum atomic E-state index is 12.7. The van der Waals surface area contributed by atoms with Crippen molar-refractivity contribution < 1.29 is 18.8 Å². The van der Waals surface area contributed by atoms with Crippen LogP contribution in [0.4, 0.5) is 11.8 Å². The third kappa shape index (κ3) is 7.16. The molecule has 0 aliphatic carbocycles. The lowest BCUT2D eigenvalue weighted by Crippen LogP contribution is -2.39. The summed E-state index contributed by atoms with van der Waals surface area (Å²) in [6, 6.07) is 7.46. The number of nitrogens with one attached hydrogen (secondary N) is 4. The second-order valence-corrected chi connectivity index (χ2v) is 12.5. The molecule has 1 unspecified atom stereocenters. The standard InChI is InChI=1S/C30H41N7O4S/c1-19(31)25(20(2)32-3)18-33-29(38)21-4-6-23(7-5-21)41-24-8-13-37(14-9-24)30-35-26-12-17-42(39)27(26)28(36-30)34-22-10-15-40-16-11-22/h4-7,22,24,31-32H,8-18H2,1-3H3,(H,33,38)(H,34,35,36)/b25-20-,31-19?. The number of aromatic nitrogens is 2. The van der Waals surface area contributed by atoms with Crippen molar-refractivity contribution in [3.8, 4) is 5.75 Å². The number of piperidine rings is 1. The lowest BCUT2D eigenvalue weighted by atomic mass is 10.1. The zero-order chi connectivity index (χ0) is 29.6. The largest absolute Gasteiger partial charge is 0.611 e. The van der Waals surface area contributed by atoms with E-state index in [-0.39, 0.29) is 24.6 Å². The molecule has 4 heterocycles. The lowest BCUT2D eigenvalue weighted by Gasteiger charge is -2.32. The van der Waals surface area contributed by atoms with Gasteiger partial charge in [-0.1, -0.05) is 0 Å². The number of amides is 1. The SMILES string of the molecule is CN/C(C)=C(/CNC(=O)c1ccc(OC2CCN(c3nc4c(c(NC5CCOCC5)n3)[S+]([O-])CC4)CC2)cc1)C(C)=N. The predicted molar refractivity (Wildman–Crippen MR) is 164 cm³/mol. The van der Waals surface area contributed by atoms with E-state index in [0.29, 0.717) is 29.4 Å². The Hall–Kier alpha value is -3.35. The zero-order valence-corrected chi connectivity index (χ0v) is 25.4. The molecule has 42 heavy (non-hydrogen) atoms. The number of carbonyl (C=O) groups is 1. The van der Waals surface area contributed by atoms with Crippen LogP contribution in [0.3, 0.4) is 0 Å². The summed E-state index contributed by atoms with van der Waals surface area (Å²) in [6.07, 6.45) is 4.22. The number of aryl methyl sites for hydroxylation is 1. The van der Waals surface area contributed by atoms with Crippen molar-refractivity contribution in [3.05, 3.63) is 46.8 Å². The minimum Gasteiger partial charge on any atom is -0.611 e. The van der Waals surface area contributed by atoms with Crippen molar-refractivity contribution >= 4 is 34.6 Å². The normalized spacial score (nSPS) is 20.0. The minimum atomic E-state index is -1.06. The lowest BCUT2D eigenvalue weighted by molar-refractivity contribution is 0.0903. The van der Waals surface area contributed by atoms with Crippen LogP contribution in [0.15, 0.2) is 40.4 Å². The predicted octanol–water partition coefficient (Wildman–Crippen LogP) is 3.04. The number of hydrogen-bond acceptors (Lipinski definition) is 10. The topological polar surface area (TPSA) is 148 Å². The second kappa shape index (κ2) is 13.7. The van der Waals surface area contributed by atoms with Gasteiger partial charge in [0.2, 0.25) is 10.8 Å². The van der Waals surface area contributed by atoms with Crippen LogP contribution in [-0.2, 0) is 22.3 Å². The van der Waals surface area contributed by atoms with E-state index in [9.17, 15) is 9.35 Å². The molecule has 5 rings (SSSR count). The zero-order valence-electron chi connectivity index (χ0n) is 24.6. The molecule has 1 aromatic carbocycles. The Balaban J connectivity index is 1.16. The van der Waals surface area contributed by atoms with Gasteiger partial charge in [0.1, 0.15) is 23.3 Å². The molecule has 3 aliphatic heterocycles. The molecule has 2 fully saturated rings. The highest BCUT2D eigenvalue weighted by molar-refractivity contribution is 7.91. The van der Waals surface area contributed by atoms with Gasteiger partial charge < -0.3 is 40.3 Å². The summed E-state index contributed by atoms with van der Waals surface area (Å²) in [5.74, 6) is 2.55. The Bertz CT molecular complexity index is 1310. The first-order valence-corrected chi connectivity index (χ1v) is 16.0. The summed E-state index contributed by atoms with van der Waals surface area (Å²) in [4.78, 5) is 25.3. The molecule has 3 aliphatic rings. The number of hydrogen-bond donors (Lipinski definition) is 4. The van der Waals surface area contributed by atoms with Gasteiger partial charge in [-0.25, -0.2) is 4.98 Å². The molecular formula is C30H41N7O4S. The van der Waals surface area contributed by atoms with E-state index in [0.717, 1.165) is 85.4 Å². The average molecular weight is 596 g/mol. The van der Waals surface area contributed by atoms with Crippen LogP contribution in [0.1, 0.15) is 55.6 Å². The van der Waals surface area contributed by atoms with Gasteiger partial charge in [0.15, 0.2) is 5.82 Å². The van der Waals surface area contributed by atoms with Crippen LogP contribution in [-0.4, -0.2) is 83.9 Å². The van der Waals surface area contributed by atoms with Crippen LogP contribution in [0, 0.1) is 5.41 Å². The summed E-state index contributed by atoms with van der Waals surface area (Å²) in [5.41, 5.74) is 3.49. The van der Waals surface area contributed by atoms with Gasteiger partial charge in [0, 0.05) is 87.7 Å². The molecule has 226 valence electrons. The molecule has 0 bridgehead atoms. The number of anilines is 2. The Morgan fingerprint density at radius 3 is 2.52 bits per heavy atom. The van der Waals surface area contributed by atoms with Gasteiger partial charge in [0.05, 0.1) is 0 Å². The molecule has 1 amide bonds. The number of fused-ring (bicyclic) bond motifs is 1. The van der Waals surface area contributed by atoms with Gasteiger partial charge in [-0.3, -0.25) is 4.79 Å². The first-order valence-electron chi connectivity index (χ1n) is 14.7. The van der Waals surface area contributed by atoms with Gasteiger partial charge in [-0.15, -0.1) is 0 Å². The number of allylic oxidation sites excluding steroid dienone is 1. The number of nitrogens with zero attached hydrogens (tertiary/aromatic N) is 3. The van der Waals surface area contributed by atoms with Crippen molar-refractivity contribution in [3.63, 3.8) is 0 Å². The number of carbonyl (C=O) groups excluding carboxylic acids is 1. The van der Waals surface area contributed by atoms with E-state index in [1.165, 1.54) is 0 Å². The molecule has 0 spiro atoms. The van der Waals surface area contributed by atoms with Gasteiger partial charge in [0.25, 0.3) is 5.91 Å². The first kappa shape index (κ1) is 30.1. The monoisotopic (exact) mass is 595 g/mol. The fraction of sp³-hybridized carbons (Fsp3) is 0.533. The second-order valence-electron chi connectivity index (χ2n) is 11.0. The Kier molecular flexibility index (Phi) is 9.86. The van der Waals surface area contributed by atoms with Crippen molar-refractivity contribution in [1.82, 2.24) is 20.6 Å². The summed E-state index contributed by atoms with van der Waals surface area (Å²) in [6.45, 7) is 6.87. The Morgan fingerprint density at radius 2 is 1.86 bits per heavy atom. The summed E-state index contributed by atoms with van der Waals surface area (Å²) in [5, 5.41) is 17.4. The van der Waals surface area contributed by atoms with Crippen LogP contribution in [0.25, 0.3) is 0 Å². The highest BCUT2D eigenvalue weighted by Gasteiger charge is 2.34. The maximum absolute atomic E-state index is 12.7.